The molecule has 0 radical (unpaired) electrons. The minimum absolute atomic E-state index is 0.00252. The third-order valence-corrected chi connectivity index (χ3v) is 4.13. The van der Waals surface area contributed by atoms with Crippen molar-refractivity contribution in [3.63, 3.8) is 0 Å². The molecule has 1 aliphatic rings. The number of ether oxygens (including phenoxy) is 4. The van der Waals surface area contributed by atoms with E-state index in [0.29, 0.717) is 10.0 Å². The molecule has 1 aromatic rings. The molecule has 0 aromatic heterocycles. The maximum absolute atomic E-state index is 13.4. The molecule has 1 aliphatic heterocycles. The van der Waals surface area contributed by atoms with Gasteiger partial charge in [0.2, 0.25) is 12.9 Å². The number of halogens is 4. The van der Waals surface area contributed by atoms with Gasteiger partial charge in [-0.05, 0) is 30.7 Å². The second-order valence-electron chi connectivity index (χ2n) is 5.87. The summed E-state index contributed by atoms with van der Waals surface area (Å²) in [5.41, 5.74) is 1.35. The third kappa shape index (κ3) is 6.58. The Kier molecular flexibility index (Phi) is 8.46. The summed E-state index contributed by atoms with van der Waals surface area (Å²) in [6.07, 6.45) is -7.39. The molecular formula is C17H17BrF3NO8. The van der Waals surface area contributed by atoms with Crippen molar-refractivity contribution in [2.45, 2.75) is 25.6 Å². The molecule has 0 saturated heterocycles. The lowest BCUT2D eigenvalue weighted by Gasteiger charge is -2.28. The summed E-state index contributed by atoms with van der Waals surface area (Å²) in [5, 5.41) is 8.16. The first kappa shape index (κ1) is 23.9. The molecule has 166 valence electrons. The van der Waals surface area contributed by atoms with Crippen molar-refractivity contribution in [2.24, 2.45) is 0 Å². The van der Waals surface area contributed by atoms with Crippen LogP contribution in [-0.2, 0) is 23.8 Å². The average molecular weight is 500 g/mol. The van der Waals surface area contributed by atoms with Gasteiger partial charge in [0.15, 0.2) is 0 Å². The number of hydrogen-bond donors (Lipinski definition) is 2. The topological polar surface area (TPSA) is 113 Å². The lowest BCUT2D eigenvalue weighted by molar-refractivity contribution is -0.189. The number of carbonyl (C=O) groups is 2. The Morgan fingerprint density at radius 2 is 1.97 bits per heavy atom. The number of esters is 1. The lowest BCUT2D eigenvalue weighted by atomic mass is 9.99. The van der Waals surface area contributed by atoms with Crippen LogP contribution in [0.4, 0.5) is 18.0 Å². The molecular weight excluding hydrogens is 483 g/mol. The van der Waals surface area contributed by atoms with Crippen molar-refractivity contribution < 1.29 is 51.8 Å². The van der Waals surface area contributed by atoms with Crippen LogP contribution < -0.4 is 10.4 Å². The average Bonchev–Trinajstić information content (AvgIpc) is 2.66. The van der Waals surface area contributed by atoms with Gasteiger partial charge in [-0.15, -0.1) is 0 Å². The monoisotopic (exact) mass is 499 g/mol. The highest BCUT2D eigenvalue weighted by molar-refractivity contribution is 9.10. The summed E-state index contributed by atoms with van der Waals surface area (Å²) in [7, 11) is 0. The molecule has 0 saturated carbocycles. The molecule has 0 bridgehead atoms. The van der Waals surface area contributed by atoms with E-state index in [2.05, 4.69) is 35.0 Å². The van der Waals surface area contributed by atoms with Crippen molar-refractivity contribution in [1.29, 1.82) is 0 Å². The van der Waals surface area contributed by atoms with Crippen molar-refractivity contribution in [3.05, 3.63) is 33.3 Å². The Labute approximate surface area is 176 Å². The first-order valence-corrected chi connectivity index (χ1v) is 9.15. The zero-order chi connectivity index (χ0) is 22.3. The normalized spacial score (nSPS) is 15.5. The number of aryl methyl sites for hydroxylation is 1. The Morgan fingerprint density at radius 1 is 1.23 bits per heavy atom. The molecule has 13 heteroatoms. The summed E-state index contributed by atoms with van der Waals surface area (Å²) >= 11 is 3.23. The Morgan fingerprint density at radius 3 is 2.63 bits per heavy atom. The van der Waals surface area contributed by atoms with Gasteiger partial charge in [0.25, 0.3) is 0 Å². The summed E-state index contributed by atoms with van der Waals surface area (Å²) in [4.78, 5) is 27.9. The summed E-state index contributed by atoms with van der Waals surface area (Å²) in [5.74, 6) is -1.37. The van der Waals surface area contributed by atoms with Gasteiger partial charge in [-0.2, -0.15) is 13.2 Å². The van der Waals surface area contributed by atoms with Crippen molar-refractivity contribution >= 4 is 34.1 Å². The largest absolute Gasteiger partial charge is 0.511 e. The van der Waals surface area contributed by atoms with Crippen molar-refractivity contribution in [2.75, 3.05) is 20.0 Å². The fourth-order valence-corrected chi connectivity index (χ4v) is 3.04. The van der Waals surface area contributed by atoms with Gasteiger partial charge in [-0.3, -0.25) is 10.0 Å². The smallest absolute Gasteiger partial charge is 0.475 e. The van der Waals surface area contributed by atoms with Gasteiger partial charge >= 0.3 is 18.3 Å². The van der Waals surface area contributed by atoms with Crippen LogP contribution in [0.3, 0.4) is 0 Å². The first-order chi connectivity index (χ1) is 14.1. The number of rotatable bonds is 8. The Bertz CT molecular complexity index is 815. The zero-order valence-corrected chi connectivity index (χ0v) is 17.0. The Hall–Kier alpha value is -2.35. The quantitative estimate of drug-likeness (QED) is 0.240. The fourth-order valence-electron chi connectivity index (χ4n) is 2.45. The van der Waals surface area contributed by atoms with E-state index in [1.54, 1.807) is 13.0 Å². The van der Waals surface area contributed by atoms with Crippen molar-refractivity contribution in [1.82, 2.24) is 5.64 Å². The third-order valence-electron chi connectivity index (χ3n) is 3.67. The predicted molar refractivity (Wildman–Crippen MR) is 96.2 cm³/mol. The van der Waals surface area contributed by atoms with Crippen LogP contribution in [0.15, 0.2) is 22.2 Å². The molecule has 1 atom stereocenters. The van der Waals surface area contributed by atoms with E-state index in [0.717, 1.165) is 6.08 Å². The van der Waals surface area contributed by atoms with E-state index in [-0.39, 0.29) is 30.9 Å². The summed E-state index contributed by atoms with van der Waals surface area (Å²) in [6.45, 7) is 0.510. The van der Waals surface area contributed by atoms with Crippen LogP contribution in [0.1, 0.15) is 17.5 Å². The molecule has 0 spiro atoms. The molecule has 0 aliphatic carbocycles. The van der Waals surface area contributed by atoms with Gasteiger partial charge in [0.05, 0.1) is 18.8 Å². The maximum Gasteiger partial charge on any atom is 0.511 e. The Balaban J connectivity index is 2.00. The molecule has 1 aromatic carbocycles. The van der Waals surface area contributed by atoms with Gasteiger partial charge < -0.3 is 18.9 Å². The SMILES string of the molecule is Cc1cc(Br)cc2c1OC(C(F)(F)F)C(C(=O)OCOC(=O)OCCCONO)=C2. The van der Waals surface area contributed by atoms with Crippen LogP contribution in [0.2, 0.25) is 0 Å². The summed E-state index contributed by atoms with van der Waals surface area (Å²) in [6, 6.07) is 3.07. The van der Waals surface area contributed by atoms with E-state index >= 15 is 0 Å². The molecule has 1 heterocycles. The standard InChI is InChI=1S/C17H17BrF3NO8/c1-9-5-11(18)6-10-7-12(14(17(19,20)21)30-13(9)10)15(23)27-8-28-16(24)26-3-2-4-29-22-25/h5-7,14,22,25H,2-4,8H2,1H3. The number of benzene rings is 1. The highest BCUT2D eigenvalue weighted by Crippen LogP contribution is 2.40. The van der Waals surface area contributed by atoms with Crippen LogP contribution in [-0.4, -0.2) is 49.6 Å². The second-order valence-corrected chi connectivity index (χ2v) is 6.78. The molecule has 0 amide bonds. The first-order valence-electron chi connectivity index (χ1n) is 8.36. The van der Waals surface area contributed by atoms with Gasteiger partial charge in [0, 0.05) is 16.5 Å². The van der Waals surface area contributed by atoms with Crippen LogP contribution in [0.25, 0.3) is 6.08 Å². The van der Waals surface area contributed by atoms with Gasteiger partial charge in [-0.25, -0.2) is 9.59 Å². The number of fused-ring (bicyclic) bond motifs is 1. The number of alkyl halides is 3. The second kappa shape index (κ2) is 10.6. The van der Waals surface area contributed by atoms with E-state index in [4.69, 9.17) is 9.94 Å². The van der Waals surface area contributed by atoms with E-state index in [9.17, 15) is 22.8 Å². The molecule has 1 unspecified atom stereocenters. The molecule has 9 nitrogen and oxygen atoms in total. The van der Waals surface area contributed by atoms with Crippen molar-refractivity contribution in [3.8, 4) is 5.75 Å². The lowest BCUT2D eigenvalue weighted by Crippen LogP contribution is -2.41. The summed E-state index contributed by atoms with van der Waals surface area (Å²) < 4.78 is 59.6. The fraction of sp³-hybridized carbons (Fsp3) is 0.412. The minimum atomic E-state index is -4.88. The minimum Gasteiger partial charge on any atom is -0.475 e. The molecule has 0 fully saturated rings. The van der Waals surface area contributed by atoms with E-state index in [1.165, 1.54) is 11.7 Å². The highest BCUT2D eigenvalue weighted by atomic mass is 79.9. The molecule has 30 heavy (non-hydrogen) atoms. The van der Waals surface area contributed by atoms with E-state index < -0.39 is 36.8 Å². The highest BCUT2D eigenvalue weighted by Gasteiger charge is 2.49. The molecule has 2 N–H and O–H groups in total. The number of nitrogens with one attached hydrogen (secondary N) is 1. The number of hydrogen-bond acceptors (Lipinski definition) is 9. The van der Waals surface area contributed by atoms with Crippen LogP contribution in [0, 0.1) is 6.92 Å². The van der Waals surface area contributed by atoms with Gasteiger partial charge in [0.1, 0.15) is 5.75 Å². The number of carbonyl (C=O) groups excluding carboxylic acids is 2. The zero-order valence-electron chi connectivity index (χ0n) is 15.5. The van der Waals surface area contributed by atoms with E-state index in [1.807, 2.05) is 0 Å². The van der Waals surface area contributed by atoms with Gasteiger partial charge in [-0.1, -0.05) is 21.6 Å². The predicted octanol–water partition coefficient (Wildman–Crippen LogP) is 3.42. The van der Waals surface area contributed by atoms with Crippen LogP contribution >= 0.6 is 15.9 Å². The maximum atomic E-state index is 13.4. The van der Waals surface area contributed by atoms with Crippen LogP contribution in [0.5, 0.6) is 5.75 Å². The molecule has 2 rings (SSSR count).